The van der Waals surface area contributed by atoms with Crippen molar-refractivity contribution in [3.8, 4) is 6.07 Å². The van der Waals surface area contributed by atoms with E-state index < -0.39 is 0 Å². The molecule has 0 aromatic carbocycles. The van der Waals surface area contributed by atoms with Crippen molar-refractivity contribution < 1.29 is 4.74 Å². The number of nitriles is 1. The maximum absolute atomic E-state index is 9.40. The summed E-state index contributed by atoms with van der Waals surface area (Å²) in [4.78, 5) is 8.77. The quantitative estimate of drug-likeness (QED) is 0.832. The van der Waals surface area contributed by atoms with Crippen molar-refractivity contribution in [2.45, 2.75) is 19.8 Å². The van der Waals surface area contributed by atoms with Gasteiger partial charge in [-0.05, 0) is 12.8 Å². The van der Waals surface area contributed by atoms with Crippen LogP contribution in [0, 0.1) is 16.7 Å². The molecule has 1 fully saturated rings. The summed E-state index contributed by atoms with van der Waals surface area (Å²) < 4.78 is 6.95. The van der Waals surface area contributed by atoms with Gasteiger partial charge in [-0.25, -0.2) is 0 Å². The van der Waals surface area contributed by atoms with Crippen molar-refractivity contribution in [2.75, 3.05) is 26.3 Å². The third kappa shape index (κ3) is 2.61. The molecule has 21 heavy (non-hydrogen) atoms. The predicted octanol–water partition coefficient (Wildman–Crippen LogP) is 1.13. The number of aliphatic imine (C=N–C) groups is 2. The largest absolute Gasteiger partial charge is 0.380 e. The monoisotopic (exact) mass is 285 g/mol. The van der Waals surface area contributed by atoms with Gasteiger partial charge in [0.25, 0.3) is 0 Å². The van der Waals surface area contributed by atoms with Crippen LogP contribution in [-0.4, -0.2) is 48.0 Å². The van der Waals surface area contributed by atoms with Gasteiger partial charge in [0.1, 0.15) is 11.8 Å². The van der Waals surface area contributed by atoms with E-state index in [1.807, 2.05) is 0 Å². The molecule has 6 heteroatoms. The Balaban J connectivity index is 1.90. The zero-order chi connectivity index (χ0) is 14.9. The summed E-state index contributed by atoms with van der Waals surface area (Å²) in [5.41, 5.74) is 3.38. The molecule has 0 saturated carbocycles. The number of hydrogen-bond acceptors (Lipinski definition) is 5. The van der Waals surface area contributed by atoms with Crippen LogP contribution in [0.25, 0.3) is 0 Å². The van der Waals surface area contributed by atoms with Crippen molar-refractivity contribution in [3.63, 3.8) is 0 Å². The summed E-state index contributed by atoms with van der Waals surface area (Å²) >= 11 is 0. The highest BCUT2D eigenvalue weighted by Crippen LogP contribution is 2.32. The highest BCUT2D eigenvalue weighted by Gasteiger charge is 2.33. The molecule has 0 amide bonds. The van der Waals surface area contributed by atoms with Crippen LogP contribution in [0.1, 0.15) is 30.3 Å². The van der Waals surface area contributed by atoms with Crippen LogP contribution in [-0.2, 0) is 18.2 Å². The number of rotatable bonds is 4. The molecule has 3 heterocycles. The fraction of sp³-hybridized carbons (Fsp3) is 0.600. The molecule has 0 N–H and O–H groups in total. The summed E-state index contributed by atoms with van der Waals surface area (Å²) in [6.45, 7) is 5.24. The topological polar surface area (TPSA) is 75.6 Å². The molecule has 0 radical (unpaired) electrons. The minimum atomic E-state index is 0.240. The van der Waals surface area contributed by atoms with E-state index in [0.29, 0.717) is 12.2 Å². The Hall–Kier alpha value is -2.00. The lowest BCUT2D eigenvalue weighted by Gasteiger charge is -2.38. The number of aryl methyl sites for hydroxylation is 2. The lowest BCUT2D eigenvalue weighted by molar-refractivity contribution is -0.105. The van der Waals surface area contributed by atoms with Gasteiger partial charge in [0, 0.05) is 18.7 Å². The van der Waals surface area contributed by atoms with Gasteiger partial charge in [-0.15, -0.1) is 0 Å². The minimum absolute atomic E-state index is 0.240. The molecule has 2 aliphatic rings. The zero-order valence-electron chi connectivity index (χ0n) is 12.5. The minimum Gasteiger partial charge on any atom is -0.380 e. The van der Waals surface area contributed by atoms with E-state index in [1.54, 1.807) is 17.9 Å². The first-order chi connectivity index (χ1) is 10.1. The molecule has 0 aliphatic carbocycles. The van der Waals surface area contributed by atoms with Gasteiger partial charge in [0.15, 0.2) is 0 Å². The second-order valence-electron chi connectivity index (χ2n) is 6.01. The number of nitrogens with zero attached hydrogens (tertiary/aromatic N) is 5. The highest BCUT2D eigenvalue weighted by molar-refractivity contribution is 6.39. The highest BCUT2D eigenvalue weighted by atomic mass is 16.5. The standard InChI is InChI=1S/C15H19N5O/c1-15(9-21-10-15)4-3-11-14(12-8-17-5-6-18-12)13(7-16)20(2)19-11/h8H,3-6,9-10H2,1-2H3. The maximum atomic E-state index is 9.40. The van der Waals surface area contributed by atoms with E-state index in [4.69, 9.17) is 4.74 Å². The molecule has 0 spiro atoms. The van der Waals surface area contributed by atoms with Crippen LogP contribution >= 0.6 is 0 Å². The van der Waals surface area contributed by atoms with Gasteiger partial charge in [0.2, 0.25) is 0 Å². The molecule has 2 aliphatic heterocycles. The van der Waals surface area contributed by atoms with Crippen molar-refractivity contribution >= 4 is 11.9 Å². The molecule has 1 saturated heterocycles. The molecule has 110 valence electrons. The third-order valence-electron chi connectivity index (χ3n) is 4.07. The van der Waals surface area contributed by atoms with E-state index in [2.05, 4.69) is 28.1 Å². The van der Waals surface area contributed by atoms with Crippen molar-refractivity contribution in [1.82, 2.24) is 9.78 Å². The maximum Gasteiger partial charge on any atom is 0.147 e. The Kier molecular flexibility index (Phi) is 3.60. The predicted molar refractivity (Wildman–Crippen MR) is 79.9 cm³/mol. The molecule has 3 rings (SSSR count). The summed E-state index contributed by atoms with van der Waals surface area (Å²) in [5, 5.41) is 13.9. The van der Waals surface area contributed by atoms with E-state index >= 15 is 0 Å². The van der Waals surface area contributed by atoms with E-state index in [-0.39, 0.29) is 5.41 Å². The van der Waals surface area contributed by atoms with Crippen molar-refractivity contribution in [3.05, 3.63) is 17.0 Å². The fourth-order valence-electron chi connectivity index (χ4n) is 2.73. The van der Waals surface area contributed by atoms with E-state index in [1.165, 1.54) is 0 Å². The molecule has 6 nitrogen and oxygen atoms in total. The Morgan fingerprint density at radius 2 is 2.24 bits per heavy atom. The SMILES string of the molecule is Cn1nc(CCC2(C)COC2)c(C2=NCCN=C2)c1C#N. The first-order valence-corrected chi connectivity index (χ1v) is 7.21. The van der Waals surface area contributed by atoms with Crippen LogP contribution in [0.5, 0.6) is 0 Å². The van der Waals surface area contributed by atoms with Gasteiger partial charge < -0.3 is 4.74 Å². The molecule has 0 bridgehead atoms. The number of aromatic nitrogens is 2. The Bertz CT molecular complexity index is 646. The van der Waals surface area contributed by atoms with Crippen LogP contribution in [0.4, 0.5) is 0 Å². The average molecular weight is 285 g/mol. The van der Waals surface area contributed by atoms with Gasteiger partial charge in [-0.3, -0.25) is 14.7 Å². The van der Waals surface area contributed by atoms with Crippen LogP contribution < -0.4 is 0 Å². The third-order valence-corrected chi connectivity index (χ3v) is 4.07. The molecule has 1 aromatic heterocycles. The molecule has 1 aromatic rings. The summed E-state index contributed by atoms with van der Waals surface area (Å²) in [6.07, 6.45) is 3.60. The van der Waals surface area contributed by atoms with Gasteiger partial charge in [0.05, 0.1) is 43.3 Å². The van der Waals surface area contributed by atoms with Gasteiger partial charge >= 0.3 is 0 Å². The first kappa shape index (κ1) is 14.0. The molecule has 0 atom stereocenters. The zero-order valence-corrected chi connectivity index (χ0v) is 12.5. The van der Waals surface area contributed by atoms with Crippen LogP contribution in [0.3, 0.4) is 0 Å². The fourth-order valence-corrected chi connectivity index (χ4v) is 2.73. The summed E-state index contributed by atoms with van der Waals surface area (Å²) in [6, 6.07) is 2.24. The molecular formula is C15H19N5O. The number of hydrogen-bond donors (Lipinski definition) is 0. The van der Waals surface area contributed by atoms with Crippen molar-refractivity contribution in [1.29, 1.82) is 5.26 Å². The molecule has 0 unspecified atom stereocenters. The first-order valence-electron chi connectivity index (χ1n) is 7.21. The second kappa shape index (κ2) is 5.41. The second-order valence-corrected chi connectivity index (χ2v) is 6.01. The normalized spacial score (nSPS) is 19.8. The van der Waals surface area contributed by atoms with E-state index in [9.17, 15) is 5.26 Å². The Morgan fingerprint density at radius 1 is 1.43 bits per heavy atom. The van der Waals surface area contributed by atoms with Crippen molar-refractivity contribution in [2.24, 2.45) is 22.4 Å². The molecular weight excluding hydrogens is 266 g/mol. The van der Waals surface area contributed by atoms with Gasteiger partial charge in [-0.1, -0.05) is 6.92 Å². The average Bonchev–Trinajstić information content (AvgIpc) is 2.80. The summed E-state index contributed by atoms with van der Waals surface area (Å²) in [7, 11) is 1.81. The van der Waals surface area contributed by atoms with Crippen LogP contribution in [0.2, 0.25) is 0 Å². The van der Waals surface area contributed by atoms with Crippen LogP contribution in [0.15, 0.2) is 9.98 Å². The lowest BCUT2D eigenvalue weighted by Crippen LogP contribution is -2.40. The Labute approximate surface area is 124 Å². The number of ether oxygens (including phenoxy) is 1. The Morgan fingerprint density at radius 3 is 2.81 bits per heavy atom. The van der Waals surface area contributed by atoms with Gasteiger partial charge in [-0.2, -0.15) is 10.4 Å². The smallest absolute Gasteiger partial charge is 0.147 e. The van der Waals surface area contributed by atoms with E-state index in [0.717, 1.165) is 49.6 Å². The lowest BCUT2D eigenvalue weighted by atomic mass is 9.82. The summed E-state index contributed by atoms with van der Waals surface area (Å²) in [5.74, 6) is 0.